The minimum Gasteiger partial charge on any atom is -0.446 e. The summed E-state index contributed by atoms with van der Waals surface area (Å²) in [5.41, 5.74) is 6.33. The Bertz CT molecular complexity index is 399. The zero-order valence-electron chi connectivity index (χ0n) is 12.3. The monoisotopic (exact) mass is 267 g/mol. The zero-order valence-corrected chi connectivity index (χ0v) is 12.3. The lowest BCUT2D eigenvalue weighted by molar-refractivity contribution is 0.0929. The van der Waals surface area contributed by atoms with E-state index in [1.165, 1.54) is 6.26 Å². The summed E-state index contributed by atoms with van der Waals surface area (Å²) in [6.07, 6.45) is 4.13. The van der Waals surface area contributed by atoms with Gasteiger partial charge in [-0.2, -0.15) is 0 Å². The molecule has 0 spiro atoms. The molecule has 0 aliphatic rings. The average Bonchev–Trinajstić information content (AvgIpc) is 2.92. The molecular weight excluding hydrogens is 242 g/mol. The van der Waals surface area contributed by atoms with Crippen LogP contribution >= 0.6 is 0 Å². The highest BCUT2D eigenvalue weighted by molar-refractivity contribution is 5.92. The normalized spacial score (nSPS) is 14.4. The van der Waals surface area contributed by atoms with Crippen molar-refractivity contribution in [3.05, 3.63) is 17.8 Å². The van der Waals surface area contributed by atoms with Gasteiger partial charge in [-0.3, -0.25) is 4.79 Å². The van der Waals surface area contributed by atoms with Gasteiger partial charge in [0, 0.05) is 6.04 Å². The summed E-state index contributed by atoms with van der Waals surface area (Å²) in [4.78, 5) is 16.2. The van der Waals surface area contributed by atoms with Crippen LogP contribution in [0.1, 0.15) is 69.4 Å². The summed E-state index contributed by atoms with van der Waals surface area (Å²) in [7, 11) is 0. The molecule has 2 unspecified atom stereocenters. The lowest BCUT2D eigenvalue weighted by atomic mass is 10.0. The first kappa shape index (κ1) is 15.7. The van der Waals surface area contributed by atoms with Crippen molar-refractivity contribution in [2.45, 2.75) is 59.0 Å². The van der Waals surface area contributed by atoms with Gasteiger partial charge in [-0.15, -0.1) is 0 Å². The van der Waals surface area contributed by atoms with Crippen LogP contribution in [0.25, 0.3) is 0 Å². The fraction of sp³-hybridized carbons (Fsp3) is 0.714. The summed E-state index contributed by atoms with van der Waals surface area (Å²) in [6.45, 7) is 8.19. The van der Waals surface area contributed by atoms with Crippen LogP contribution in [0, 0.1) is 5.92 Å². The molecule has 1 rings (SSSR count). The molecule has 2 atom stereocenters. The lowest BCUT2D eigenvalue weighted by Gasteiger charge is -2.14. The number of nitrogens with zero attached hydrogens (tertiary/aromatic N) is 1. The Hall–Kier alpha value is -1.36. The highest BCUT2D eigenvalue weighted by Crippen LogP contribution is 2.21. The third-order valence-electron chi connectivity index (χ3n) is 3.62. The van der Waals surface area contributed by atoms with Crippen molar-refractivity contribution >= 4 is 5.91 Å². The average molecular weight is 267 g/mol. The Kier molecular flexibility index (Phi) is 6.02. The van der Waals surface area contributed by atoms with Gasteiger partial charge in [0.05, 0.1) is 6.04 Å². The van der Waals surface area contributed by atoms with Crippen LogP contribution in [-0.4, -0.2) is 16.9 Å². The quantitative estimate of drug-likeness (QED) is 0.795. The lowest BCUT2D eigenvalue weighted by Crippen LogP contribution is -2.34. The standard InChI is InChI=1S/C14H25N3O2/c1-5-9(4)12(15)14-17-11(8-19-14)13(18)16-10(6-2)7-3/h8-10,12H,5-7,15H2,1-4H3,(H,16,18). The fourth-order valence-corrected chi connectivity index (χ4v) is 1.79. The summed E-state index contributed by atoms with van der Waals surface area (Å²) in [5.74, 6) is 0.512. The van der Waals surface area contributed by atoms with Crippen molar-refractivity contribution < 1.29 is 9.21 Å². The van der Waals surface area contributed by atoms with Gasteiger partial charge in [0.15, 0.2) is 5.69 Å². The Morgan fingerprint density at radius 1 is 1.37 bits per heavy atom. The van der Waals surface area contributed by atoms with Gasteiger partial charge in [-0.25, -0.2) is 4.98 Å². The molecule has 0 saturated heterocycles. The maximum Gasteiger partial charge on any atom is 0.273 e. The maximum absolute atomic E-state index is 12.0. The smallest absolute Gasteiger partial charge is 0.273 e. The molecule has 19 heavy (non-hydrogen) atoms. The van der Waals surface area contributed by atoms with Crippen molar-refractivity contribution in [2.75, 3.05) is 0 Å². The van der Waals surface area contributed by atoms with Crippen molar-refractivity contribution in [3.63, 3.8) is 0 Å². The molecule has 108 valence electrons. The summed E-state index contributed by atoms with van der Waals surface area (Å²) >= 11 is 0. The van der Waals surface area contributed by atoms with Crippen molar-refractivity contribution in [1.29, 1.82) is 0 Å². The second kappa shape index (κ2) is 7.28. The van der Waals surface area contributed by atoms with Crippen molar-refractivity contribution in [2.24, 2.45) is 11.7 Å². The van der Waals surface area contributed by atoms with E-state index in [1.807, 2.05) is 20.8 Å². The molecule has 5 heteroatoms. The molecule has 1 amide bonds. The largest absolute Gasteiger partial charge is 0.446 e. The van der Waals surface area contributed by atoms with Gasteiger partial charge in [0.25, 0.3) is 5.91 Å². The molecule has 0 bridgehead atoms. The van der Waals surface area contributed by atoms with Crippen LogP contribution in [0.5, 0.6) is 0 Å². The molecule has 5 nitrogen and oxygen atoms in total. The molecular formula is C14H25N3O2. The summed E-state index contributed by atoms with van der Waals surface area (Å²) in [6, 6.07) is -0.0874. The van der Waals surface area contributed by atoms with E-state index in [0.29, 0.717) is 11.6 Å². The van der Waals surface area contributed by atoms with Crippen LogP contribution in [0.15, 0.2) is 10.7 Å². The number of oxazole rings is 1. The summed E-state index contributed by atoms with van der Waals surface area (Å²) in [5, 5.41) is 2.93. The van der Waals surface area contributed by atoms with Crippen LogP contribution in [-0.2, 0) is 0 Å². The number of aromatic nitrogens is 1. The fourth-order valence-electron chi connectivity index (χ4n) is 1.79. The number of nitrogens with one attached hydrogen (secondary N) is 1. The predicted octanol–water partition coefficient (Wildman–Crippen LogP) is 2.64. The molecule has 0 fully saturated rings. The van der Waals surface area contributed by atoms with E-state index in [4.69, 9.17) is 10.2 Å². The number of rotatable bonds is 7. The molecule has 3 N–H and O–H groups in total. The molecule has 1 aromatic rings. The number of nitrogens with two attached hydrogens (primary N) is 1. The predicted molar refractivity (Wildman–Crippen MR) is 74.7 cm³/mol. The van der Waals surface area contributed by atoms with E-state index < -0.39 is 0 Å². The van der Waals surface area contributed by atoms with Gasteiger partial charge in [0.2, 0.25) is 5.89 Å². The number of carbonyl (C=O) groups excluding carboxylic acids is 1. The first-order valence-corrected chi connectivity index (χ1v) is 7.05. The molecule has 0 radical (unpaired) electrons. The van der Waals surface area contributed by atoms with Gasteiger partial charge in [-0.1, -0.05) is 34.1 Å². The Morgan fingerprint density at radius 3 is 2.53 bits per heavy atom. The van der Waals surface area contributed by atoms with Crippen molar-refractivity contribution in [1.82, 2.24) is 10.3 Å². The first-order chi connectivity index (χ1) is 9.03. The van der Waals surface area contributed by atoms with Gasteiger partial charge < -0.3 is 15.5 Å². The van der Waals surface area contributed by atoms with Crippen LogP contribution < -0.4 is 11.1 Å². The Morgan fingerprint density at radius 2 is 2.00 bits per heavy atom. The van der Waals surface area contributed by atoms with E-state index in [1.54, 1.807) is 0 Å². The molecule has 0 aliphatic heterocycles. The summed E-state index contributed by atoms with van der Waals surface area (Å²) < 4.78 is 5.32. The second-order valence-corrected chi connectivity index (χ2v) is 4.97. The van der Waals surface area contributed by atoms with Crippen LogP contribution in [0.4, 0.5) is 0 Å². The second-order valence-electron chi connectivity index (χ2n) is 4.97. The Balaban J connectivity index is 2.71. The van der Waals surface area contributed by atoms with Crippen LogP contribution in [0.2, 0.25) is 0 Å². The van der Waals surface area contributed by atoms with E-state index in [9.17, 15) is 4.79 Å². The Labute approximate surface area is 115 Å². The van der Waals surface area contributed by atoms with Crippen molar-refractivity contribution in [3.8, 4) is 0 Å². The maximum atomic E-state index is 12.0. The molecule has 1 aromatic heterocycles. The van der Waals surface area contributed by atoms with E-state index in [-0.39, 0.29) is 23.9 Å². The zero-order chi connectivity index (χ0) is 14.4. The van der Waals surface area contributed by atoms with Gasteiger partial charge >= 0.3 is 0 Å². The van der Waals surface area contributed by atoms with Crippen LogP contribution in [0.3, 0.4) is 0 Å². The third kappa shape index (κ3) is 4.06. The van der Waals surface area contributed by atoms with Gasteiger partial charge in [0.1, 0.15) is 6.26 Å². The molecule has 0 saturated carbocycles. The van der Waals surface area contributed by atoms with E-state index >= 15 is 0 Å². The van der Waals surface area contributed by atoms with Gasteiger partial charge in [-0.05, 0) is 18.8 Å². The number of amides is 1. The third-order valence-corrected chi connectivity index (χ3v) is 3.62. The topological polar surface area (TPSA) is 81.2 Å². The van der Waals surface area contributed by atoms with E-state index in [2.05, 4.69) is 17.2 Å². The highest BCUT2D eigenvalue weighted by atomic mass is 16.3. The molecule has 0 aliphatic carbocycles. The number of carbonyl (C=O) groups is 1. The number of hydrogen-bond donors (Lipinski definition) is 2. The minimum atomic E-state index is -0.264. The highest BCUT2D eigenvalue weighted by Gasteiger charge is 2.21. The SMILES string of the molecule is CCC(CC)NC(=O)c1coc(C(N)C(C)CC)n1. The van der Waals surface area contributed by atoms with E-state index in [0.717, 1.165) is 19.3 Å². The molecule has 1 heterocycles. The minimum absolute atomic E-state index is 0.177. The molecule has 0 aromatic carbocycles. The number of hydrogen-bond acceptors (Lipinski definition) is 4. The first-order valence-electron chi connectivity index (χ1n) is 7.05.